The average molecular weight is 1820 g/mol. The summed E-state index contributed by atoms with van der Waals surface area (Å²) in [5.41, 5.74) is -11.4. The number of ether oxygens (including phenoxy) is 8. The van der Waals surface area contributed by atoms with Gasteiger partial charge in [-0.3, -0.25) is 0 Å². The second-order valence-electron chi connectivity index (χ2n) is 37.5. The van der Waals surface area contributed by atoms with Gasteiger partial charge >= 0.3 is 0 Å². The van der Waals surface area contributed by atoms with Gasteiger partial charge in [-0.15, -0.1) is 0 Å². The van der Waals surface area contributed by atoms with Crippen molar-refractivity contribution in [2.45, 2.75) is 292 Å². The molecule has 6 aromatic carbocycles. The Morgan fingerprint density at radius 2 is 0.344 bits per heavy atom. The first kappa shape index (κ1) is 108. The highest BCUT2D eigenvalue weighted by atomic mass is 19.2. The van der Waals surface area contributed by atoms with Gasteiger partial charge < -0.3 is 37.9 Å². The lowest BCUT2D eigenvalue weighted by molar-refractivity contribution is 0.214. The molecule has 0 aliphatic carbocycles. The van der Waals surface area contributed by atoms with Gasteiger partial charge in [0.2, 0.25) is 34.8 Å². The summed E-state index contributed by atoms with van der Waals surface area (Å²) in [6.45, 7) is 38.5. The van der Waals surface area contributed by atoms with Crippen LogP contribution < -0.4 is 37.9 Å². The highest BCUT2D eigenvalue weighted by Crippen LogP contribution is 2.44. The molecule has 0 N–H and O–H groups in total. The topological polar surface area (TPSA) is 73.8 Å². The molecule has 0 fully saturated rings. The summed E-state index contributed by atoms with van der Waals surface area (Å²) in [5.74, 6) is -26.7. The SMILES string of the molecule is CC(C)CCCC(C)CCOc1cc(COc2c(F)c(F)c(C#Cc3c(F)c(F)c(C#Cc4c(F)c(F)c(C#Cc5c(F)c(F)c(OCc6cc(OCCC(C)CCCC(C)C)c(OCCC(C)CCCC(C)C)c(OCCC(C)CCCC(C)C)c6)c(F)c5F)c(F)c4F)c(F)c3F)c(F)c2F)cc(OCCC(C)CCCC(C)C)c1OCCC(C)CCCC(C)C. The Morgan fingerprint density at radius 3 is 0.508 bits per heavy atom. The zero-order chi connectivity index (χ0) is 94.8. The molecule has 0 aromatic heterocycles. The van der Waals surface area contributed by atoms with E-state index in [4.69, 9.17) is 37.9 Å². The van der Waals surface area contributed by atoms with Crippen LogP contribution in [0.15, 0.2) is 24.3 Å². The van der Waals surface area contributed by atoms with Crippen molar-refractivity contribution in [3.05, 3.63) is 162 Å². The monoisotopic (exact) mass is 1810 g/mol. The van der Waals surface area contributed by atoms with Gasteiger partial charge in [-0.2, -0.15) is 17.6 Å². The Kier molecular flexibility index (Phi) is 45.7. The molecule has 6 atom stereocenters. The Morgan fingerprint density at radius 1 is 0.188 bits per heavy atom. The minimum absolute atomic E-state index is 0.150. The Labute approximate surface area is 750 Å². The largest absolute Gasteiger partial charge is 0.490 e. The molecule has 6 unspecified atom stereocenters. The zero-order valence-corrected chi connectivity index (χ0v) is 78.2. The fraction of sp³-hybridized carbons (Fsp3) is 0.596. The van der Waals surface area contributed by atoms with Crippen molar-refractivity contribution in [3.63, 3.8) is 0 Å². The zero-order valence-electron chi connectivity index (χ0n) is 78.2. The van der Waals surface area contributed by atoms with E-state index in [9.17, 15) is 0 Å². The second kappa shape index (κ2) is 54.2. The van der Waals surface area contributed by atoms with Crippen molar-refractivity contribution in [1.29, 1.82) is 0 Å². The van der Waals surface area contributed by atoms with E-state index in [-0.39, 0.29) is 109 Å². The fourth-order valence-corrected chi connectivity index (χ4v) is 14.5. The molecule has 0 aliphatic heterocycles. The minimum Gasteiger partial charge on any atom is -0.490 e. The molecule has 0 aliphatic rings. The highest BCUT2D eigenvalue weighted by molar-refractivity contribution is 5.58. The van der Waals surface area contributed by atoms with Crippen molar-refractivity contribution in [2.75, 3.05) is 39.6 Å². The third-order valence-corrected chi connectivity index (χ3v) is 22.9. The van der Waals surface area contributed by atoms with Gasteiger partial charge in [-0.25, -0.2) is 52.7 Å². The van der Waals surface area contributed by atoms with Crippen LogP contribution in [-0.2, 0) is 13.2 Å². The van der Waals surface area contributed by atoms with E-state index in [0.717, 1.165) is 116 Å². The quantitative estimate of drug-likeness (QED) is 0.0212. The molecule has 6 rings (SSSR count). The lowest BCUT2D eigenvalue weighted by Crippen LogP contribution is -2.12. The number of halogens is 16. The maximum atomic E-state index is 16.1. The maximum Gasteiger partial charge on any atom is 0.205 e. The summed E-state index contributed by atoms with van der Waals surface area (Å²) >= 11 is 0. The van der Waals surface area contributed by atoms with Crippen LogP contribution in [0.2, 0.25) is 0 Å². The van der Waals surface area contributed by atoms with Gasteiger partial charge in [0.15, 0.2) is 104 Å². The van der Waals surface area contributed by atoms with E-state index in [1.807, 2.05) is 0 Å². The number of rotatable bonds is 54. The van der Waals surface area contributed by atoms with Crippen molar-refractivity contribution in [2.24, 2.45) is 71.0 Å². The molecule has 0 heterocycles. The number of benzene rings is 6. The van der Waals surface area contributed by atoms with Gasteiger partial charge in [0.1, 0.15) is 46.6 Å². The molecule has 710 valence electrons. The maximum absolute atomic E-state index is 16.1. The molecule has 6 aromatic rings. The van der Waals surface area contributed by atoms with Crippen LogP contribution in [0, 0.1) is 200 Å². The third kappa shape index (κ3) is 33.9. The molecule has 0 saturated carbocycles. The van der Waals surface area contributed by atoms with Crippen molar-refractivity contribution in [3.8, 4) is 81.5 Å². The summed E-state index contributed by atoms with van der Waals surface area (Å²) in [7, 11) is 0. The Balaban J connectivity index is 1.28. The van der Waals surface area contributed by atoms with Crippen LogP contribution in [0.25, 0.3) is 0 Å². The first-order chi connectivity index (χ1) is 60.6. The molecular formula is C104H134F16O8. The molecule has 0 spiro atoms. The predicted octanol–water partition coefficient (Wildman–Crippen LogP) is 30.7. The summed E-state index contributed by atoms with van der Waals surface area (Å²) in [4.78, 5) is 0. The summed E-state index contributed by atoms with van der Waals surface area (Å²) in [5, 5.41) is 0. The Bertz CT molecular complexity index is 4230. The van der Waals surface area contributed by atoms with E-state index in [1.54, 1.807) is 0 Å². The lowest BCUT2D eigenvalue weighted by atomic mass is 9.97. The van der Waals surface area contributed by atoms with Gasteiger partial charge in [0.05, 0.1) is 39.6 Å². The van der Waals surface area contributed by atoms with Crippen LogP contribution in [0.4, 0.5) is 70.2 Å². The molecule has 128 heavy (non-hydrogen) atoms. The average Bonchev–Trinajstić information content (AvgIpc) is 0.777. The summed E-state index contributed by atoms with van der Waals surface area (Å²) in [6, 6.07) is 5.95. The normalized spacial score (nSPS) is 13.0. The van der Waals surface area contributed by atoms with E-state index in [0.29, 0.717) is 85.9 Å². The van der Waals surface area contributed by atoms with Crippen LogP contribution in [0.3, 0.4) is 0 Å². The molecular weight excluding hydrogens is 1680 g/mol. The van der Waals surface area contributed by atoms with Gasteiger partial charge in [-0.1, -0.05) is 276 Å². The molecule has 8 nitrogen and oxygen atoms in total. The van der Waals surface area contributed by atoms with Crippen LogP contribution in [-0.4, -0.2) is 39.6 Å². The molecule has 0 saturated heterocycles. The molecule has 24 heteroatoms. The van der Waals surface area contributed by atoms with Crippen LogP contribution in [0.5, 0.6) is 46.0 Å². The second-order valence-corrected chi connectivity index (χ2v) is 37.5. The minimum atomic E-state index is -2.53. The van der Waals surface area contributed by atoms with Crippen molar-refractivity contribution < 1.29 is 108 Å². The van der Waals surface area contributed by atoms with Crippen LogP contribution >= 0.6 is 0 Å². The molecule has 0 radical (unpaired) electrons. The van der Waals surface area contributed by atoms with Gasteiger partial charge in [-0.05, 0) is 145 Å². The van der Waals surface area contributed by atoms with Gasteiger partial charge in [0, 0.05) is 0 Å². The standard InChI is InChI=1S/C104H134F16O8/c1-61(2)25-19-31-67(13)43-49-121-81-55-73(56-82(122-50-44-68(14)32-20-26-62(3)4)101(81)125-53-47-71(17)35-23-29-65(9)10)59-127-103-97(117)93(113)79(94(114)98(103)118)41-39-77-89(109)85(105)75(86(106)90(77)110)37-38-76-87(107)91(111)78(92(112)88(76)108)40-42-80-95(115)99(119)104(100(120)96(80)116)128-60-74-57-83(123-51-45-69(15)33-21-27-63(5)6)102(126-54-48-72(18)36-24-30-66(11)12)84(58-74)124-52-46-70(16)34-22-28-64(7)8/h55-58,61-72H,19-36,43-54,59-60H2,1-18H3. The molecule has 0 bridgehead atoms. The molecule has 0 amide bonds. The number of hydrogen-bond acceptors (Lipinski definition) is 8. The highest BCUT2D eigenvalue weighted by Gasteiger charge is 2.33. The van der Waals surface area contributed by atoms with E-state index in [1.165, 1.54) is 59.8 Å². The third-order valence-electron chi connectivity index (χ3n) is 22.9. The summed E-state index contributed by atoms with van der Waals surface area (Å²) in [6.07, 6.45) is 22.2. The van der Waals surface area contributed by atoms with Gasteiger partial charge in [0.25, 0.3) is 0 Å². The fourth-order valence-electron chi connectivity index (χ4n) is 14.5. The van der Waals surface area contributed by atoms with E-state index >= 15 is 70.2 Å². The van der Waals surface area contributed by atoms with Crippen molar-refractivity contribution in [1.82, 2.24) is 0 Å². The first-order valence-electron chi connectivity index (χ1n) is 46.0. The number of hydrogen-bond donors (Lipinski definition) is 0. The van der Waals surface area contributed by atoms with Crippen molar-refractivity contribution >= 4 is 0 Å². The predicted molar refractivity (Wildman–Crippen MR) is 472 cm³/mol. The van der Waals surface area contributed by atoms with E-state index < -0.39 is 151 Å². The first-order valence-corrected chi connectivity index (χ1v) is 46.0. The lowest BCUT2D eigenvalue weighted by Gasteiger charge is -2.21. The van der Waals surface area contributed by atoms with E-state index in [2.05, 4.69) is 125 Å². The summed E-state index contributed by atoms with van der Waals surface area (Å²) < 4.78 is 304. The Hall–Kier alpha value is -8.72. The van der Waals surface area contributed by atoms with Crippen LogP contribution in [0.1, 0.15) is 323 Å². The smallest absolute Gasteiger partial charge is 0.205 e.